The molecule has 1 heterocycles. The van der Waals surface area contributed by atoms with E-state index in [0.29, 0.717) is 5.56 Å². The molecular weight excluding hydrogens is 248 g/mol. The second-order valence-corrected chi connectivity index (χ2v) is 3.50. The zero-order valence-electron chi connectivity index (χ0n) is 9.69. The molecular formula is C12H10N4O3. The van der Waals surface area contributed by atoms with Gasteiger partial charge in [0.1, 0.15) is 5.75 Å². The number of aromatic nitrogens is 2. The minimum atomic E-state index is -1.14. The molecule has 0 aliphatic heterocycles. The van der Waals surface area contributed by atoms with Crippen LogP contribution in [0.2, 0.25) is 0 Å². The molecule has 96 valence electrons. The number of aromatic hydroxyl groups is 1. The predicted octanol–water partition coefficient (Wildman–Crippen LogP) is 1.33. The highest BCUT2D eigenvalue weighted by molar-refractivity contribution is 5.85. The molecule has 0 aliphatic carbocycles. The molecule has 1 aromatic carbocycles. The van der Waals surface area contributed by atoms with Gasteiger partial charge in [-0.1, -0.05) is 12.1 Å². The van der Waals surface area contributed by atoms with Crippen LogP contribution in [0.25, 0.3) is 0 Å². The molecule has 0 radical (unpaired) electrons. The van der Waals surface area contributed by atoms with Gasteiger partial charge in [-0.05, 0) is 18.2 Å². The molecule has 0 saturated carbocycles. The number of aromatic carboxylic acids is 1. The molecule has 0 amide bonds. The second kappa shape index (κ2) is 5.58. The van der Waals surface area contributed by atoms with E-state index in [1.807, 2.05) is 0 Å². The average Bonchev–Trinajstić information content (AvgIpc) is 2.41. The summed E-state index contributed by atoms with van der Waals surface area (Å²) in [6.07, 6.45) is 2.69. The monoisotopic (exact) mass is 258 g/mol. The van der Waals surface area contributed by atoms with Crippen molar-refractivity contribution in [1.82, 2.24) is 9.97 Å². The van der Waals surface area contributed by atoms with E-state index in [1.54, 1.807) is 18.2 Å². The Morgan fingerprint density at radius 3 is 2.84 bits per heavy atom. The summed E-state index contributed by atoms with van der Waals surface area (Å²) in [6.45, 7) is 0. The van der Waals surface area contributed by atoms with Gasteiger partial charge in [-0.2, -0.15) is 5.10 Å². The molecule has 2 aromatic rings. The Morgan fingerprint density at radius 1 is 1.32 bits per heavy atom. The number of phenolic OH excluding ortho intramolecular Hbond substituents is 1. The number of carboxylic acid groups (broad SMARTS) is 1. The van der Waals surface area contributed by atoms with Gasteiger partial charge in [-0.15, -0.1) is 0 Å². The van der Waals surface area contributed by atoms with E-state index in [1.165, 1.54) is 24.5 Å². The van der Waals surface area contributed by atoms with E-state index in [9.17, 15) is 9.90 Å². The zero-order chi connectivity index (χ0) is 13.7. The molecule has 0 saturated heterocycles. The fourth-order valence-electron chi connectivity index (χ4n) is 1.29. The summed E-state index contributed by atoms with van der Waals surface area (Å²) in [5.41, 5.74) is 2.88. The lowest BCUT2D eigenvalue weighted by molar-refractivity contribution is 0.0690. The maximum Gasteiger partial charge on any atom is 0.354 e. The number of hydrazone groups is 1. The molecule has 0 unspecified atom stereocenters. The summed E-state index contributed by atoms with van der Waals surface area (Å²) in [7, 11) is 0. The summed E-state index contributed by atoms with van der Waals surface area (Å²) >= 11 is 0. The standard InChI is InChI=1S/C12H10N4O3/c17-10-4-2-1-3-8(10)7-14-16-12-13-6-5-9(15-12)11(18)19/h1-7,17H,(H,18,19)(H,13,15,16)/b14-7+. The van der Waals surface area contributed by atoms with Crippen LogP contribution in [0.5, 0.6) is 5.75 Å². The smallest absolute Gasteiger partial charge is 0.354 e. The lowest BCUT2D eigenvalue weighted by Crippen LogP contribution is -2.04. The van der Waals surface area contributed by atoms with Crippen LogP contribution in [0.3, 0.4) is 0 Å². The van der Waals surface area contributed by atoms with E-state index in [-0.39, 0.29) is 17.4 Å². The Balaban J connectivity index is 2.09. The molecule has 0 spiro atoms. The Hall–Kier alpha value is -2.96. The number of para-hydroxylation sites is 1. The molecule has 0 aliphatic rings. The van der Waals surface area contributed by atoms with E-state index < -0.39 is 5.97 Å². The van der Waals surface area contributed by atoms with Crippen molar-refractivity contribution >= 4 is 18.1 Å². The highest BCUT2D eigenvalue weighted by atomic mass is 16.4. The first-order chi connectivity index (χ1) is 9.16. The highest BCUT2D eigenvalue weighted by Crippen LogP contribution is 2.12. The van der Waals surface area contributed by atoms with Crippen molar-refractivity contribution in [3.63, 3.8) is 0 Å². The fraction of sp³-hybridized carbons (Fsp3) is 0. The molecule has 3 N–H and O–H groups in total. The van der Waals surface area contributed by atoms with Crippen molar-refractivity contribution in [3.05, 3.63) is 47.8 Å². The summed E-state index contributed by atoms with van der Waals surface area (Å²) in [5.74, 6) is -0.991. The Labute approximate surface area is 108 Å². The third-order valence-corrected chi connectivity index (χ3v) is 2.18. The van der Waals surface area contributed by atoms with Crippen LogP contribution < -0.4 is 5.43 Å². The predicted molar refractivity (Wildman–Crippen MR) is 68.3 cm³/mol. The van der Waals surface area contributed by atoms with Gasteiger partial charge in [0, 0.05) is 11.8 Å². The van der Waals surface area contributed by atoms with Gasteiger partial charge in [-0.25, -0.2) is 20.2 Å². The highest BCUT2D eigenvalue weighted by Gasteiger charge is 2.05. The summed E-state index contributed by atoms with van der Waals surface area (Å²) < 4.78 is 0. The van der Waals surface area contributed by atoms with Crippen LogP contribution in [0, 0.1) is 0 Å². The first-order valence-electron chi connectivity index (χ1n) is 5.30. The van der Waals surface area contributed by atoms with Crippen molar-refractivity contribution in [3.8, 4) is 5.75 Å². The number of nitrogens with one attached hydrogen (secondary N) is 1. The van der Waals surface area contributed by atoms with Gasteiger partial charge in [0.05, 0.1) is 6.21 Å². The number of rotatable bonds is 4. The lowest BCUT2D eigenvalue weighted by atomic mass is 10.2. The quantitative estimate of drug-likeness (QED) is 0.564. The van der Waals surface area contributed by atoms with Crippen molar-refractivity contribution in [2.45, 2.75) is 0 Å². The SMILES string of the molecule is O=C(O)c1ccnc(N/N=C/c2ccccc2O)n1. The first-order valence-corrected chi connectivity index (χ1v) is 5.30. The maximum absolute atomic E-state index is 10.7. The van der Waals surface area contributed by atoms with Gasteiger partial charge in [-0.3, -0.25) is 0 Å². The van der Waals surface area contributed by atoms with Crippen molar-refractivity contribution in [2.75, 3.05) is 5.43 Å². The Morgan fingerprint density at radius 2 is 2.11 bits per heavy atom. The lowest BCUT2D eigenvalue weighted by Gasteiger charge is -2.00. The average molecular weight is 258 g/mol. The van der Waals surface area contributed by atoms with Gasteiger partial charge in [0.2, 0.25) is 5.95 Å². The van der Waals surface area contributed by atoms with Crippen LogP contribution in [0.1, 0.15) is 16.1 Å². The number of anilines is 1. The number of nitrogens with zero attached hydrogens (tertiary/aromatic N) is 3. The largest absolute Gasteiger partial charge is 0.507 e. The molecule has 7 nitrogen and oxygen atoms in total. The maximum atomic E-state index is 10.7. The second-order valence-electron chi connectivity index (χ2n) is 3.50. The number of hydrogen-bond acceptors (Lipinski definition) is 6. The number of hydrogen-bond donors (Lipinski definition) is 3. The minimum absolute atomic E-state index is 0.0616. The molecule has 0 fully saturated rings. The molecule has 0 bridgehead atoms. The summed E-state index contributed by atoms with van der Waals surface area (Å²) in [4.78, 5) is 18.2. The van der Waals surface area contributed by atoms with E-state index in [4.69, 9.17) is 5.11 Å². The van der Waals surface area contributed by atoms with Gasteiger partial charge in [0.25, 0.3) is 0 Å². The van der Waals surface area contributed by atoms with E-state index >= 15 is 0 Å². The third-order valence-electron chi connectivity index (χ3n) is 2.18. The number of carbonyl (C=O) groups is 1. The molecule has 7 heteroatoms. The van der Waals surface area contributed by atoms with Gasteiger partial charge < -0.3 is 10.2 Å². The normalized spacial score (nSPS) is 10.5. The number of carboxylic acids is 1. The minimum Gasteiger partial charge on any atom is -0.507 e. The summed E-state index contributed by atoms with van der Waals surface area (Å²) in [6, 6.07) is 7.93. The van der Waals surface area contributed by atoms with Gasteiger partial charge in [0.15, 0.2) is 5.69 Å². The van der Waals surface area contributed by atoms with Crippen LogP contribution in [-0.4, -0.2) is 32.4 Å². The van der Waals surface area contributed by atoms with Crippen LogP contribution in [0.15, 0.2) is 41.6 Å². The van der Waals surface area contributed by atoms with Crippen molar-refractivity contribution in [1.29, 1.82) is 0 Å². The zero-order valence-corrected chi connectivity index (χ0v) is 9.69. The van der Waals surface area contributed by atoms with E-state index in [2.05, 4.69) is 20.5 Å². The third kappa shape index (κ3) is 3.25. The Bertz CT molecular complexity index is 628. The van der Waals surface area contributed by atoms with Crippen LogP contribution in [-0.2, 0) is 0 Å². The van der Waals surface area contributed by atoms with Gasteiger partial charge >= 0.3 is 5.97 Å². The Kier molecular flexibility index (Phi) is 3.67. The number of phenols is 1. The van der Waals surface area contributed by atoms with E-state index in [0.717, 1.165) is 0 Å². The van der Waals surface area contributed by atoms with Crippen LogP contribution in [0.4, 0.5) is 5.95 Å². The molecule has 19 heavy (non-hydrogen) atoms. The molecule has 1 aromatic heterocycles. The first kappa shape index (κ1) is 12.5. The summed E-state index contributed by atoms with van der Waals surface area (Å²) in [5, 5.41) is 22.1. The molecule has 2 rings (SSSR count). The topological polar surface area (TPSA) is 108 Å². The van der Waals surface area contributed by atoms with Crippen molar-refractivity contribution < 1.29 is 15.0 Å². The number of benzene rings is 1. The van der Waals surface area contributed by atoms with Crippen molar-refractivity contribution in [2.24, 2.45) is 5.10 Å². The fourth-order valence-corrected chi connectivity index (χ4v) is 1.29. The molecule has 0 atom stereocenters. The van der Waals surface area contributed by atoms with Crippen LogP contribution >= 0.6 is 0 Å².